The number of rotatable bonds is 2. The van der Waals surface area contributed by atoms with Crippen LogP contribution >= 0.6 is 0 Å². The summed E-state index contributed by atoms with van der Waals surface area (Å²) in [5.74, 6) is -0.545. The topological polar surface area (TPSA) is 50.7 Å². The quantitative estimate of drug-likeness (QED) is 0.781. The number of imidazole rings is 1. The Kier molecular flexibility index (Phi) is 2.79. The Bertz CT molecular complexity index is 649. The van der Waals surface area contributed by atoms with Crippen LogP contribution in [0, 0.1) is 17.1 Å². The van der Waals surface area contributed by atoms with Crippen molar-refractivity contribution < 1.29 is 4.39 Å². The summed E-state index contributed by atoms with van der Waals surface area (Å²) >= 11 is 0. The van der Waals surface area contributed by atoms with E-state index in [2.05, 4.69) is 0 Å². The van der Waals surface area contributed by atoms with E-state index in [0.717, 1.165) is 5.56 Å². The second kappa shape index (κ2) is 4.26. The number of aryl methyl sites for hydroxylation is 1. The number of aromatic nitrogens is 2. The molecule has 0 atom stereocenters. The van der Waals surface area contributed by atoms with Crippen molar-refractivity contribution in [2.24, 2.45) is 7.05 Å². The first-order chi connectivity index (χ1) is 8.11. The molecule has 0 unspecified atom stereocenters. The van der Waals surface area contributed by atoms with Crippen LogP contribution in [0.25, 0.3) is 0 Å². The van der Waals surface area contributed by atoms with Crippen molar-refractivity contribution in [1.29, 1.82) is 5.26 Å². The van der Waals surface area contributed by atoms with Gasteiger partial charge in [-0.15, -0.1) is 0 Å². The van der Waals surface area contributed by atoms with Gasteiger partial charge in [-0.2, -0.15) is 5.26 Å². The van der Waals surface area contributed by atoms with Crippen LogP contribution in [0.5, 0.6) is 0 Å². The van der Waals surface area contributed by atoms with E-state index in [-0.39, 0.29) is 11.3 Å². The molecule has 2 aromatic rings. The van der Waals surface area contributed by atoms with Crippen molar-refractivity contribution in [2.45, 2.75) is 6.54 Å². The van der Waals surface area contributed by atoms with Gasteiger partial charge in [0.05, 0.1) is 12.1 Å². The second-order valence-corrected chi connectivity index (χ2v) is 3.75. The van der Waals surface area contributed by atoms with Gasteiger partial charge < -0.3 is 4.57 Å². The van der Waals surface area contributed by atoms with Gasteiger partial charge >= 0.3 is 5.69 Å². The molecule has 1 aromatic heterocycles. The molecule has 1 aromatic carbocycles. The Morgan fingerprint density at radius 1 is 1.41 bits per heavy atom. The zero-order valence-corrected chi connectivity index (χ0v) is 9.22. The average molecular weight is 231 g/mol. The van der Waals surface area contributed by atoms with Crippen molar-refractivity contribution in [1.82, 2.24) is 9.13 Å². The number of benzene rings is 1. The first-order valence-electron chi connectivity index (χ1n) is 5.02. The van der Waals surface area contributed by atoms with Gasteiger partial charge in [0.2, 0.25) is 0 Å². The SMILES string of the molecule is Cn1ccn(Cc2ccc(F)c(C#N)c2)c1=O. The maximum atomic E-state index is 13.1. The fourth-order valence-electron chi connectivity index (χ4n) is 1.58. The molecule has 1 heterocycles. The molecule has 0 radical (unpaired) electrons. The second-order valence-electron chi connectivity index (χ2n) is 3.75. The maximum absolute atomic E-state index is 13.1. The van der Waals surface area contributed by atoms with Crippen LogP contribution in [0.2, 0.25) is 0 Å². The molecule has 0 aliphatic heterocycles. The molecule has 5 heteroatoms. The standard InChI is InChI=1S/C12H10FN3O/c1-15-4-5-16(12(15)17)8-9-2-3-11(13)10(6-9)7-14/h2-6H,8H2,1H3. The van der Waals surface area contributed by atoms with E-state index in [9.17, 15) is 9.18 Å². The van der Waals surface area contributed by atoms with Gasteiger partial charge in [-0.05, 0) is 17.7 Å². The van der Waals surface area contributed by atoms with E-state index in [1.54, 1.807) is 31.6 Å². The van der Waals surface area contributed by atoms with Crippen molar-refractivity contribution in [3.05, 3.63) is 58.0 Å². The van der Waals surface area contributed by atoms with Crippen LogP contribution in [0.4, 0.5) is 4.39 Å². The predicted molar refractivity (Wildman–Crippen MR) is 59.9 cm³/mol. The summed E-state index contributed by atoms with van der Waals surface area (Å²) in [6, 6.07) is 6.03. The molecule has 0 aliphatic carbocycles. The summed E-state index contributed by atoms with van der Waals surface area (Å²) in [6.45, 7) is 0.328. The first-order valence-corrected chi connectivity index (χ1v) is 5.02. The molecule has 0 saturated carbocycles. The number of halogens is 1. The molecule has 0 bridgehead atoms. The smallest absolute Gasteiger partial charge is 0.302 e. The lowest BCUT2D eigenvalue weighted by atomic mass is 10.1. The molecule has 2 rings (SSSR count). The highest BCUT2D eigenvalue weighted by Crippen LogP contribution is 2.10. The van der Waals surface area contributed by atoms with Gasteiger partial charge in [-0.1, -0.05) is 6.07 Å². The van der Waals surface area contributed by atoms with Crippen LogP contribution in [-0.2, 0) is 13.6 Å². The van der Waals surface area contributed by atoms with E-state index in [0.29, 0.717) is 6.54 Å². The van der Waals surface area contributed by atoms with Crippen LogP contribution in [0.3, 0.4) is 0 Å². The largest absolute Gasteiger partial charge is 0.328 e. The Morgan fingerprint density at radius 2 is 2.18 bits per heavy atom. The summed E-state index contributed by atoms with van der Waals surface area (Å²) < 4.78 is 16.0. The highest BCUT2D eigenvalue weighted by atomic mass is 19.1. The highest BCUT2D eigenvalue weighted by molar-refractivity contribution is 5.34. The Hall–Kier alpha value is -2.35. The molecule has 0 saturated heterocycles. The van der Waals surface area contributed by atoms with Crippen molar-refractivity contribution >= 4 is 0 Å². The van der Waals surface area contributed by atoms with Gasteiger partial charge in [-0.3, -0.25) is 4.57 Å². The van der Waals surface area contributed by atoms with E-state index in [4.69, 9.17) is 5.26 Å². The van der Waals surface area contributed by atoms with Crippen molar-refractivity contribution in [3.63, 3.8) is 0 Å². The van der Waals surface area contributed by atoms with Crippen LogP contribution in [0.1, 0.15) is 11.1 Å². The zero-order valence-electron chi connectivity index (χ0n) is 9.22. The molecule has 0 N–H and O–H groups in total. The Balaban J connectivity index is 2.35. The molecular weight excluding hydrogens is 221 g/mol. The molecule has 17 heavy (non-hydrogen) atoms. The first kappa shape index (κ1) is 11.1. The minimum absolute atomic E-state index is 0.00789. The van der Waals surface area contributed by atoms with Crippen LogP contribution in [0.15, 0.2) is 35.4 Å². The van der Waals surface area contributed by atoms with Gasteiger partial charge in [0.25, 0.3) is 0 Å². The van der Waals surface area contributed by atoms with E-state index in [1.807, 2.05) is 0 Å². The van der Waals surface area contributed by atoms with Gasteiger partial charge in [0, 0.05) is 19.4 Å². The number of nitriles is 1. The summed E-state index contributed by atoms with van der Waals surface area (Å²) in [5.41, 5.74) is 0.565. The van der Waals surface area contributed by atoms with Gasteiger partial charge in [0.1, 0.15) is 11.9 Å². The Labute approximate surface area is 97.2 Å². The van der Waals surface area contributed by atoms with Crippen molar-refractivity contribution in [3.8, 4) is 6.07 Å². The third-order valence-corrected chi connectivity index (χ3v) is 2.52. The third-order valence-electron chi connectivity index (χ3n) is 2.52. The van der Waals surface area contributed by atoms with Crippen LogP contribution < -0.4 is 5.69 Å². The van der Waals surface area contributed by atoms with E-state index >= 15 is 0 Å². The van der Waals surface area contributed by atoms with Crippen molar-refractivity contribution in [2.75, 3.05) is 0 Å². The lowest BCUT2D eigenvalue weighted by molar-refractivity contribution is 0.621. The third kappa shape index (κ3) is 2.11. The number of nitrogens with zero attached hydrogens (tertiary/aromatic N) is 3. The maximum Gasteiger partial charge on any atom is 0.328 e. The molecule has 4 nitrogen and oxygen atoms in total. The highest BCUT2D eigenvalue weighted by Gasteiger charge is 2.05. The van der Waals surface area contributed by atoms with Gasteiger partial charge in [0.15, 0.2) is 0 Å². The fraction of sp³-hybridized carbons (Fsp3) is 0.167. The molecule has 0 spiro atoms. The average Bonchev–Trinajstić information content (AvgIpc) is 2.63. The number of hydrogen-bond donors (Lipinski definition) is 0. The summed E-state index contributed by atoms with van der Waals surface area (Å²) in [4.78, 5) is 11.6. The lowest BCUT2D eigenvalue weighted by Gasteiger charge is -2.02. The zero-order chi connectivity index (χ0) is 12.4. The fourth-order valence-corrected chi connectivity index (χ4v) is 1.58. The molecule has 0 amide bonds. The molecule has 0 fully saturated rings. The molecular formula is C12H10FN3O. The lowest BCUT2D eigenvalue weighted by Crippen LogP contribution is -2.22. The van der Waals surface area contributed by atoms with E-state index in [1.165, 1.54) is 21.3 Å². The molecule has 86 valence electrons. The minimum atomic E-state index is -0.545. The monoisotopic (exact) mass is 231 g/mol. The van der Waals surface area contributed by atoms with Crippen LogP contribution in [-0.4, -0.2) is 9.13 Å². The minimum Gasteiger partial charge on any atom is -0.302 e. The summed E-state index contributed by atoms with van der Waals surface area (Å²) in [6.07, 6.45) is 3.30. The normalized spacial score (nSPS) is 10.2. The summed E-state index contributed by atoms with van der Waals surface area (Å²) in [5, 5.41) is 8.71. The van der Waals surface area contributed by atoms with E-state index < -0.39 is 5.82 Å². The number of hydrogen-bond acceptors (Lipinski definition) is 2. The predicted octanol–water partition coefficient (Wildman–Crippen LogP) is 1.25. The van der Waals surface area contributed by atoms with Gasteiger partial charge in [-0.25, -0.2) is 9.18 Å². The summed E-state index contributed by atoms with van der Waals surface area (Å²) in [7, 11) is 1.66. The Morgan fingerprint density at radius 3 is 2.76 bits per heavy atom. The molecule has 0 aliphatic rings.